The highest BCUT2D eigenvalue weighted by Gasteiger charge is 2.21. The molecule has 7 heteroatoms. The minimum absolute atomic E-state index is 0.0382. The van der Waals surface area contributed by atoms with Crippen LogP contribution in [0.25, 0.3) is 0 Å². The summed E-state index contributed by atoms with van der Waals surface area (Å²) in [6.07, 6.45) is 0.835. The number of carbonyl (C=O) groups is 3. The van der Waals surface area contributed by atoms with E-state index >= 15 is 0 Å². The Bertz CT molecular complexity index is 868. The molecule has 2 aromatic carbocycles. The van der Waals surface area contributed by atoms with Crippen molar-refractivity contribution in [3.8, 4) is 0 Å². The van der Waals surface area contributed by atoms with Gasteiger partial charge in [0.05, 0.1) is 19.0 Å². The Kier molecular flexibility index (Phi) is 8.21. The first-order valence-corrected chi connectivity index (χ1v) is 9.82. The third-order valence-corrected chi connectivity index (χ3v) is 4.76. The van der Waals surface area contributed by atoms with Crippen LogP contribution in [0.1, 0.15) is 37.4 Å². The largest absolute Gasteiger partial charge is 0.349 e. The van der Waals surface area contributed by atoms with Crippen LogP contribution in [0.5, 0.6) is 0 Å². The summed E-state index contributed by atoms with van der Waals surface area (Å²) in [5.74, 6) is -0.767. The number of rotatable bonds is 8. The van der Waals surface area contributed by atoms with Crippen LogP contribution in [-0.4, -0.2) is 36.2 Å². The van der Waals surface area contributed by atoms with E-state index in [1.165, 1.54) is 11.8 Å². The molecule has 1 unspecified atom stereocenters. The maximum Gasteiger partial charge on any atom is 0.243 e. The van der Waals surface area contributed by atoms with Crippen LogP contribution in [0.15, 0.2) is 48.5 Å². The van der Waals surface area contributed by atoms with E-state index in [4.69, 9.17) is 11.6 Å². The number of hydrogen-bond donors (Lipinski definition) is 2. The molecule has 0 heterocycles. The van der Waals surface area contributed by atoms with Crippen molar-refractivity contribution < 1.29 is 14.4 Å². The predicted octanol–water partition coefficient (Wildman–Crippen LogP) is 3.57. The van der Waals surface area contributed by atoms with Crippen molar-refractivity contribution in [3.63, 3.8) is 0 Å². The lowest BCUT2D eigenvalue weighted by Crippen LogP contribution is -2.38. The van der Waals surface area contributed by atoms with Crippen molar-refractivity contribution in [2.75, 3.05) is 18.9 Å². The van der Waals surface area contributed by atoms with Crippen molar-refractivity contribution in [1.29, 1.82) is 0 Å². The highest BCUT2D eigenvalue weighted by molar-refractivity contribution is 6.30. The van der Waals surface area contributed by atoms with Gasteiger partial charge in [0.1, 0.15) is 0 Å². The topological polar surface area (TPSA) is 78.5 Å². The summed E-state index contributed by atoms with van der Waals surface area (Å²) in [5, 5.41) is 6.21. The minimum atomic E-state index is -0.497. The number of amides is 3. The Hall–Kier alpha value is -2.86. The second kappa shape index (κ2) is 10.6. The third kappa shape index (κ3) is 6.91. The summed E-state index contributed by atoms with van der Waals surface area (Å²) in [4.78, 5) is 37.9. The molecule has 0 aliphatic heterocycles. The zero-order valence-electron chi connectivity index (χ0n) is 16.9. The van der Waals surface area contributed by atoms with Crippen molar-refractivity contribution in [3.05, 3.63) is 64.7 Å². The number of para-hydroxylation sites is 1. The van der Waals surface area contributed by atoms with E-state index in [0.717, 1.165) is 23.2 Å². The molecule has 2 N–H and O–H groups in total. The molecule has 6 nitrogen and oxygen atoms in total. The lowest BCUT2D eigenvalue weighted by atomic mass is 10.0. The van der Waals surface area contributed by atoms with E-state index in [9.17, 15) is 14.4 Å². The Morgan fingerprint density at radius 3 is 2.34 bits per heavy atom. The molecule has 0 aliphatic carbocycles. The first-order valence-electron chi connectivity index (χ1n) is 9.44. The van der Waals surface area contributed by atoms with Gasteiger partial charge in [0.2, 0.25) is 17.7 Å². The van der Waals surface area contributed by atoms with Crippen molar-refractivity contribution >= 4 is 35.0 Å². The van der Waals surface area contributed by atoms with Gasteiger partial charge in [-0.3, -0.25) is 14.4 Å². The smallest absolute Gasteiger partial charge is 0.243 e. The lowest BCUT2D eigenvalue weighted by molar-refractivity contribution is -0.134. The van der Waals surface area contributed by atoms with Gasteiger partial charge in [-0.05, 0) is 35.7 Å². The number of nitrogens with one attached hydrogen (secondary N) is 2. The fraction of sp³-hybridized carbons (Fsp3) is 0.318. The summed E-state index contributed by atoms with van der Waals surface area (Å²) in [6, 6.07) is 14.0. The molecular formula is C22H26ClN3O3. The molecule has 2 aromatic rings. The van der Waals surface area contributed by atoms with Gasteiger partial charge in [-0.2, -0.15) is 0 Å². The van der Waals surface area contributed by atoms with E-state index < -0.39 is 6.04 Å². The number of halogens is 1. The van der Waals surface area contributed by atoms with Crippen LogP contribution < -0.4 is 10.6 Å². The molecule has 0 fully saturated rings. The van der Waals surface area contributed by atoms with Gasteiger partial charge in [0.25, 0.3) is 0 Å². The number of nitrogens with zero attached hydrogens (tertiary/aromatic N) is 1. The summed E-state index contributed by atoms with van der Waals surface area (Å²) in [7, 11) is 1.57. The number of carbonyl (C=O) groups excluding carboxylic acids is 3. The first kappa shape index (κ1) is 22.4. The highest BCUT2D eigenvalue weighted by atomic mass is 35.5. The van der Waals surface area contributed by atoms with Crippen LogP contribution in [0.4, 0.5) is 5.69 Å². The first-order chi connectivity index (χ1) is 13.8. The number of likely N-dealkylation sites (N-methyl/N-ethyl adjacent to an activating group) is 1. The van der Waals surface area contributed by atoms with Gasteiger partial charge in [0, 0.05) is 24.7 Å². The summed E-state index contributed by atoms with van der Waals surface area (Å²) < 4.78 is 0. The molecule has 0 aromatic heterocycles. The molecule has 1 atom stereocenters. The minimum Gasteiger partial charge on any atom is -0.349 e. The molecule has 154 valence electrons. The van der Waals surface area contributed by atoms with E-state index in [-0.39, 0.29) is 30.7 Å². The standard InChI is InChI=1S/C22H26ClN3O3/c1-4-16-7-5-6-8-19(16)25-21(28)14-26(3)22(29)13-20(24-15(2)27)17-9-11-18(23)12-10-17/h5-12,20H,4,13-14H2,1-3H3,(H,24,27)(H,25,28). The Balaban J connectivity index is 2.00. The maximum absolute atomic E-state index is 12.7. The average Bonchev–Trinajstić information content (AvgIpc) is 2.68. The summed E-state index contributed by atoms with van der Waals surface area (Å²) in [5.41, 5.74) is 2.55. The zero-order valence-corrected chi connectivity index (χ0v) is 17.6. The lowest BCUT2D eigenvalue weighted by Gasteiger charge is -2.22. The van der Waals surface area contributed by atoms with E-state index in [0.29, 0.717) is 5.02 Å². The molecule has 0 spiro atoms. The van der Waals surface area contributed by atoms with Gasteiger partial charge in [0.15, 0.2) is 0 Å². The van der Waals surface area contributed by atoms with Gasteiger partial charge in [-0.25, -0.2) is 0 Å². The molecule has 0 saturated heterocycles. The SMILES string of the molecule is CCc1ccccc1NC(=O)CN(C)C(=O)CC(NC(C)=O)c1ccc(Cl)cc1. The van der Waals surface area contributed by atoms with Crippen LogP contribution in [-0.2, 0) is 20.8 Å². The predicted molar refractivity (Wildman–Crippen MR) is 115 cm³/mol. The average molecular weight is 416 g/mol. The number of aryl methyl sites for hydroxylation is 1. The Labute approximate surface area is 176 Å². The van der Waals surface area contributed by atoms with Gasteiger partial charge < -0.3 is 15.5 Å². The van der Waals surface area contributed by atoms with Crippen LogP contribution in [0, 0.1) is 0 Å². The fourth-order valence-corrected chi connectivity index (χ4v) is 3.09. The molecule has 0 saturated carbocycles. The van der Waals surface area contributed by atoms with Crippen LogP contribution in [0.2, 0.25) is 5.02 Å². The normalized spacial score (nSPS) is 11.4. The summed E-state index contributed by atoms with van der Waals surface area (Å²) >= 11 is 5.92. The van der Waals surface area contributed by atoms with Crippen molar-refractivity contribution in [1.82, 2.24) is 10.2 Å². The zero-order chi connectivity index (χ0) is 21.4. The second-order valence-electron chi connectivity index (χ2n) is 6.82. The number of anilines is 1. The second-order valence-corrected chi connectivity index (χ2v) is 7.25. The van der Waals surface area contributed by atoms with Crippen LogP contribution in [0.3, 0.4) is 0 Å². The quantitative estimate of drug-likeness (QED) is 0.691. The fourth-order valence-electron chi connectivity index (χ4n) is 2.97. The number of hydrogen-bond acceptors (Lipinski definition) is 3. The molecule has 0 radical (unpaired) electrons. The summed E-state index contributed by atoms with van der Waals surface area (Å²) in [6.45, 7) is 3.33. The molecule has 29 heavy (non-hydrogen) atoms. The third-order valence-electron chi connectivity index (χ3n) is 4.51. The highest BCUT2D eigenvalue weighted by Crippen LogP contribution is 2.20. The molecule has 2 rings (SSSR count). The monoisotopic (exact) mass is 415 g/mol. The molecular weight excluding hydrogens is 390 g/mol. The number of benzene rings is 2. The molecule has 3 amide bonds. The molecule has 0 bridgehead atoms. The Morgan fingerprint density at radius 1 is 1.07 bits per heavy atom. The van der Waals surface area contributed by atoms with Crippen molar-refractivity contribution in [2.24, 2.45) is 0 Å². The maximum atomic E-state index is 12.7. The van der Waals surface area contributed by atoms with E-state index in [1.54, 1.807) is 31.3 Å². The van der Waals surface area contributed by atoms with Gasteiger partial charge in [-0.15, -0.1) is 0 Å². The van der Waals surface area contributed by atoms with Gasteiger partial charge >= 0.3 is 0 Å². The molecule has 0 aliphatic rings. The van der Waals surface area contributed by atoms with E-state index in [1.807, 2.05) is 31.2 Å². The van der Waals surface area contributed by atoms with Crippen LogP contribution >= 0.6 is 11.6 Å². The van der Waals surface area contributed by atoms with Gasteiger partial charge in [-0.1, -0.05) is 48.9 Å². The van der Waals surface area contributed by atoms with Crippen molar-refractivity contribution in [2.45, 2.75) is 32.7 Å². The Morgan fingerprint density at radius 2 is 1.72 bits per heavy atom. The van der Waals surface area contributed by atoms with E-state index in [2.05, 4.69) is 10.6 Å².